The summed E-state index contributed by atoms with van der Waals surface area (Å²) in [6.07, 6.45) is -2.98. The van der Waals surface area contributed by atoms with E-state index in [1.54, 1.807) is 45.0 Å². The van der Waals surface area contributed by atoms with Gasteiger partial charge in [0, 0.05) is 13.0 Å². The highest BCUT2D eigenvalue weighted by Gasteiger charge is 2.44. The minimum absolute atomic E-state index is 0.0471. The van der Waals surface area contributed by atoms with Gasteiger partial charge in [-0.1, -0.05) is 81.4 Å². The number of carbonyl (C=O) groups excluding carboxylic acids is 3. The van der Waals surface area contributed by atoms with Crippen LogP contribution in [0.5, 0.6) is 0 Å². The van der Waals surface area contributed by atoms with Crippen molar-refractivity contribution >= 4 is 17.9 Å². The first-order chi connectivity index (χ1) is 18.5. The van der Waals surface area contributed by atoms with Crippen molar-refractivity contribution in [2.45, 2.75) is 64.7 Å². The van der Waals surface area contributed by atoms with Gasteiger partial charge < -0.3 is 25.8 Å². The SMILES string of the molecule is CC(C)CC(NC(=O)OCc1ccccc1)C(O)C(F)(F)CNC(=O)C[C@@H](C)CNC(=O)Cc1ccccc1. The summed E-state index contributed by atoms with van der Waals surface area (Å²) in [6.45, 7) is 4.33. The fourth-order valence-electron chi connectivity index (χ4n) is 3.90. The van der Waals surface area contributed by atoms with Crippen LogP contribution >= 0.6 is 0 Å². The third-order valence-electron chi connectivity index (χ3n) is 5.97. The van der Waals surface area contributed by atoms with Crippen molar-refractivity contribution in [2.75, 3.05) is 13.1 Å². The van der Waals surface area contributed by atoms with Crippen LogP contribution in [0.25, 0.3) is 0 Å². The third-order valence-corrected chi connectivity index (χ3v) is 5.97. The van der Waals surface area contributed by atoms with Crippen LogP contribution in [0.4, 0.5) is 13.6 Å². The number of rotatable bonds is 15. The molecule has 0 radical (unpaired) electrons. The number of aliphatic hydroxyl groups is 1. The van der Waals surface area contributed by atoms with E-state index < -0.39 is 36.6 Å². The molecule has 2 unspecified atom stereocenters. The Morgan fingerprint density at radius 2 is 1.49 bits per heavy atom. The lowest BCUT2D eigenvalue weighted by Gasteiger charge is -2.31. The van der Waals surface area contributed by atoms with E-state index in [1.165, 1.54) is 0 Å². The molecule has 0 aliphatic heterocycles. The average Bonchev–Trinajstić information content (AvgIpc) is 2.90. The lowest BCUT2D eigenvalue weighted by atomic mass is 9.95. The van der Waals surface area contributed by atoms with Gasteiger partial charge in [0.15, 0.2) is 0 Å². The van der Waals surface area contributed by atoms with Crippen LogP contribution in [0.15, 0.2) is 60.7 Å². The van der Waals surface area contributed by atoms with E-state index in [1.807, 2.05) is 36.4 Å². The minimum atomic E-state index is -3.71. The standard InChI is InChI=1S/C29H39F2N3O5/c1-20(2)14-24(34-28(38)39-18-23-12-8-5-9-13-23)27(37)29(30,31)19-33-25(35)15-21(3)17-32-26(36)16-22-10-6-4-7-11-22/h4-13,20-21,24,27,37H,14-19H2,1-3H3,(H,32,36)(H,33,35)(H,34,38)/t21-,24?,27?/m1/s1. The number of nitrogens with one attached hydrogen (secondary N) is 3. The number of ether oxygens (including phenoxy) is 1. The Labute approximate surface area is 228 Å². The van der Waals surface area contributed by atoms with Crippen LogP contribution in [-0.2, 0) is 27.4 Å². The minimum Gasteiger partial charge on any atom is -0.445 e. The van der Waals surface area contributed by atoms with Crippen molar-refractivity contribution in [1.29, 1.82) is 0 Å². The zero-order chi connectivity index (χ0) is 28.8. The van der Waals surface area contributed by atoms with Crippen LogP contribution in [-0.4, -0.2) is 54.2 Å². The van der Waals surface area contributed by atoms with Gasteiger partial charge in [0.25, 0.3) is 5.92 Å². The van der Waals surface area contributed by atoms with Crippen molar-refractivity contribution < 1.29 is 33.0 Å². The number of hydrogen-bond donors (Lipinski definition) is 4. The van der Waals surface area contributed by atoms with Gasteiger partial charge in [0.05, 0.1) is 19.0 Å². The normalized spacial score (nSPS) is 13.7. The molecule has 2 rings (SSSR count). The smallest absolute Gasteiger partial charge is 0.407 e. The van der Waals surface area contributed by atoms with Crippen molar-refractivity contribution in [2.24, 2.45) is 11.8 Å². The topological polar surface area (TPSA) is 117 Å². The van der Waals surface area contributed by atoms with Gasteiger partial charge in [0.1, 0.15) is 12.7 Å². The van der Waals surface area contributed by atoms with Gasteiger partial charge >= 0.3 is 6.09 Å². The van der Waals surface area contributed by atoms with E-state index in [0.29, 0.717) is 0 Å². The summed E-state index contributed by atoms with van der Waals surface area (Å²) >= 11 is 0. The first-order valence-corrected chi connectivity index (χ1v) is 13.1. The van der Waals surface area contributed by atoms with E-state index in [2.05, 4.69) is 16.0 Å². The van der Waals surface area contributed by atoms with Crippen LogP contribution < -0.4 is 16.0 Å². The number of aliphatic hydroxyl groups excluding tert-OH is 1. The molecule has 4 N–H and O–H groups in total. The largest absolute Gasteiger partial charge is 0.445 e. The van der Waals surface area contributed by atoms with Crippen LogP contribution in [0.3, 0.4) is 0 Å². The third kappa shape index (κ3) is 12.2. The van der Waals surface area contributed by atoms with Gasteiger partial charge in [-0.25, -0.2) is 13.6 Å². The highest BCUT2D eigenvalue weighted by atomic mass is 19.3. The molecule has 39 heavy (non-hydrogen) atoms. The molecule has 2 aromatic rings. The Morgan fingerprint density at radius 3 is 2.08 bits per heavy atom. The van der Waals surface area contributed by atoms with Gasteiger partial charge in [-0.05, 0) is 29.4 Å². The Balaban J connectivity index is 1.80. The van der Waals surface area contributed by atoms with Gasteiger partial charge in [-0.15, -0.1) is 0 Å². The van der Waals surface area contributed by atoms with E-state index in [0.717, 1.165) is 11.1 Å². The molecule has 214 valence electrons. The highest BCUT2D eigenvalue weighted by Crippen LogP contribution is 2.24. The number of hydrogen-bond acceptors (Lipinski definition) is 5. The lowest BCUT2D eigenvalue weighted by molar-refractivity contribution is -0.134. The molecule has 0 aliphatic rings. The maximum Gasteiger partial charge on any atom is 0.407 e. The summed E-state index contributed by atoms with van der Waals surface area (Å²) in [6, 6.07) is 16.8. The Kier molecular flexibility index (Phi) is 12.8. The van der Waals surface area contributed by atoms with Crippen molar-refractivity contribution in [3.05, 3.63) is 71.8 Å². The van der Waals surface area contributed by atoms with Crippen molar-refractivity contribution in [3.63, 3.8) is 0 Å². The summed E-state index contributed by atoms with van der Waals surface area (Å²) in [4.78, 5) is 36.6. The molecular formula is C29H39F2N3O5. The van der Waals surface area contributed by atoms with E-state index >= 15 is 0 Å². The molecule has 0 bridgehead atoms. The van der Waals surface area contributed by atoms with Gasteiger partial charge in [-0.3, -0.25) is 9.59 Å². The molecule has 3 atom stereocenters. The van der Waals surface area contributed by atoms with E-state index in [-0.39, 0.29) is 50.2 Å². The molecule has 0 aromatic heterocycles. The molecule has 0 heterocycles. The summed E-state index contributed by atoms with van der Waals surface area (Å²) in [5.74, 6) is -4.95. The molecule has 0 saturated carbocycles. The monoisotopic (exact) mass is 547 g/mol. The number of benzene rings is 2. The highest BCUT2D eigenvalue weighted by molar-refractivity contribution is 5.79. The number of carbonyl (C=O) groups is 3. The maximum atomic E-state index is 14.9. The Morgan fingerprint density at radius 1 is 0.897 bits per heavy atom. The number of alkyl halides is 2. The van der Waals surface area contributed by atoms with Gasteiger partial charge in [-0.2, -0.15) is 0 Å². The molecule has 0 saturated heterocycles. The first kappa shape index (κ1) is 31.7. The van der Waals surface area contributed by atoms with Gasteiger partial charge in [0.2, 0.25) is 11.8 Å². The van der Waals surface area contributed by atoms with Crippen LogP contribution in [0.2, 0.25) is 0 Å². The molecule has 8 nitrogen and oxygen atoms in total. The first-order valence-electron chi connectivity index (χ1n) is 13.1. The molecule has 0 aliphatic carbocycles. The number of halogens is 2. The number of alkyl carbamates (subject to hydrolysis) is 1. The predicted molar refractivity (Wildman–Crippen MR) is 144 cm³/mol. The maximum absolute atomic E-state index is 14.9. The summed E-state index contributed by atoms with van der Waals surface area (Å²) < 4.78 is 34.8. The second-order valence-electron chi connectivity index (χ2n) is 10.2. The number of amides is 3. The fourth-order valence-corrected chi connectivity index (χ4v) is 3.90. The molecule has 10 heteroatoms. The molecule has 3 amide bonds. The zero-order valence-corrected chi connectivity index (χ0v) is 22.7. The quantitative estimate of drug-likeness (QED) is 0.271. The van der Waals surface area contributed by atoms with Crippen LogP contribution in [0.1, 0.15) is 44.7 Å². The Hall–Kier alpha value is -3.53. The fraction of sp³-hybridized carbons (Fsp3) is 0.483. The summed E-state index contributed by atoms with van der Waals surface area (Å²) in [7, 11) is 0. The zero-order valence-electron chi connectivity index (χ0n) is 22.7. The van der Waals surface area contributed by atoms with Crippen LogP contribution in [0, 0.1) is 11.8 Å². The molecule has 0 fully saturated rings. The second kappa shape index (κ2) is 15.8. The Bertz CT molecular complexity index is 1040. The van der Waals surface area contributed by atoms with Crippen molar-refractivity contribution in [1.82, 2.24) is 16.0 Å². The second-order valence-corrected chi connectivity index (χ2v) is 10.2. The van der Waals surface area contributed by atoms with E-state index in [4.69, 9.17) is 4.74 Å². The summed E-state index contributed by atoms with van der Waals surface area (Å²) in [5, 5.41) is 17.7. The molecule has 2 aromatic carbocycles. The average molecular weight is 548 g/mol. The summed E-state index contributed by atoms with van der Waals surface area (Å²) in [5.41, 5.74) is 1.59. The molecule has 0 spiro atoms. The lowest BCUT2D eigenvalue weighted by Crippen LogP contribution is -2.55. The predicted octanol–water partition coefficient (Wildman–Crippen LogP) is 3.83. The van der Waals surface area contributed by atoms with E-state index in [9.17, 15) is 28.3 Å². The molecular weight excluding hydrogens is 508 g/mol. The van der Waals surface area contributed by atoms with Crippen molar-refractivity contribution in [3.8, 4) is 0 Å².